The number of hydrogen-bond donors (Lipinski definition) is 2. The highest BCUT2D eigenvalue weighted by Crippen LogP contribution is 2.29. The molecule has 0 saturated carbocycles. The number of rotatable bonds is 6. The summed E-state index contributed by atoms with van der Waals surface area (Å²) < 4.78 is 10.4. The van der Waals surface area contributed by atoms with E-state index in [1.807, 2.05) is 0 Å². The number of carbonyl (C=O) groups excluding carboxylic acids is 1. The van der Waals surface area contributed by atoms with Gasteiger partial charge in [-0.2, -0.15) is 0 Å². The maximum Gasteiger partial charge on any atom is 0.234 e. The summed E-state index contributed by atoms with van der Waals surface area (Å²) in [5.41, 5.74) is 0.675. The highest BCUT2D eigenvalue weighted by atomic mass is 32.2. The monoisotopic (exact) mass is 310 g/mol. The number of methoxy groups -OCH3 is 2. The number of anilines is 1. The molecule has 116 valence electrons. The molecule has 1 fully saturated rings. The van der Waals surface area contributed by atoms with E-state index in [1.54, 1.807) is 44.2 Å². The zero-order chi connectivity index (χ0) is 15.1. The molecule has 1 aromatic rings. The lowest BCUT2D eigenvalue weighted by Gasteiger charge is -2.21. The van der Waals surface area contributed by atoms with Crippen LogP contribution in [-0.2, 0) is 4.79 Å². The van der Waals surface area contributed by atoms with Crippen molar-refractivity contribution in [2.45, 2.75) is 18.1 Å². The summed E-state index contributed by atoms with van der Waals surface area (Å²) >= 11 is 1.73. The van der Waals surface area contributed by atoms with Gasteiger partial charge in [0.1, 0.15) is 11.5 Å². The summed E-state index contributed by atoms with van der Waals surface area (Å²) in [6.45, 7) is 2.09. The fraction of sp³-hybridized carbons (Fsp3) is 0.533. The molecule has 1 amide bonds. The van der Waals surface area contributed by atoms with Gasteiger partial charge >= 0.3 is 0 Å². The predicted octanol–water partition coefficient (Wildman–Crippen LogP) is 2.13. The molecular formula is C15H22N2O3S. The largest absolute Gasteiger partial charge is 0.497 e. The van der Waals surface area contributed by atoms with Crippen LogP contribution in [0, 0.1) is 0 Å². The van der Waals surface area contributed by atoms with Crippen LogP contribution in [0.25, 0.3) is 0 Å². The zero-order valence-electron chi connectivity index (χ0n) is 12.5. The second-order valence-corrected chi connectivity index (χ2v) is 6.16. The molecule has 2 N–H and O–H groups in total. The molecule has 0 aliphatic carbocycles. The average molecular weight is 310 g/mol. The van der Waals surface area contributed by atoms with Crippen molar-refractivity contribution in [3.63, 3.8) is 0 Å². The van der Waals surface area contributed by atoms with E-state index in [1.165, 1.54) is 0 Å². The first kappa shape index (κ1) is 16.0. The first-order valence-electron chi connectivity index (χ1n) is 7.07. The number of amides is 1. The highest BCUT2D eigenvalue weighted by Gasteiger charge is 2.15. The minimum atomic E-state index is 0.00185. The Hall–Kier alpha value is -1.40. The highest BCUT2D eigenvalue weighted by molar-refractivity contribution is 8.00. The Bertz CT molecular complexity index is 476. The Morgan fingerprint density at radius 3 is 2.76 bits per heavy atom. The number of piperidine rings is 1. The van der Waals surface area contributed by atoms with Gasteiger partial charge in [-0.1, -0.05) is 0 Å². The van der Waals surface area contributed by atoms with Crippen molar-refractivity contribution in [2.75, 3.05) is 38.4 Å². The van der Waals surface area contributed by atoms with Gasteiger partial charge in [0.25, 0.3) is 0 Å². The molecule has 0 radical (unpaired) electrons. The van der Waals surface area contributed by atoms with Crippen molar-refractivity contribution < 1.29 is 14.3 Å². The van der Waals surface area contributed by atoms with Gasteiger partial charge in [0.15, 0.2) is 0 Å². The predicted molar refractivity (Wildman–Crippen MR) is 86.5 cm³/mol. The standard InChI is InChI=1S/C15H22N2O3S/c1-19-11-3-4-13(14(9-11)20-2)17-15(18)10-21-12-5-7-16-8-6-12/h3-4,9,12,16H,5-8,10H2,1-2H3,(H,17,18). The van der Waals surface area contributed by atoms with Crippen molar-refractivity contribution in [2.24, 2.45) is 0 Å². The summed E-state index contributed by atoms with van der Waals surface area (Å²) in [6.07, 6.45) is 2.26. The smallest absolute Gasteiger partial charge is 0.234 e. The Labute approximate surface area is 129 Å². The molecule has 1 aromatic carbocycles. The number of thioether (sulfide) groups is 1. The fourth-order valence-corrected chi connectivity index (χ4v) is 3.27. The van der Waals surface area contributed by atoms with Crippen molar-refractivity contribution >= 4 is 23.4 Å². The van der Waals surface area contributed by atoms with Crippen LogP contribution in [-0.4, -0.2) is 44.2 Å². The van der Waals surface area contributed by atoms with Crippen LogP contribution in [0.1, 0.15) is 12.8 Å². The summed E-state index contributed by atoms with van der Waals surface area (Å²) in [6, 6.07) is 5.36. The van der Waals surface area contributed by atoms with Crippen LogP contribution in [0.15, 0.2) is 18.2 Å². The molecule has 6 heteroatoms. The van der Waals surface area contributed by atoms with E-state index in [2.05, 4.69) is 10.6 Å². The van der Waals surface area contributed by atoms with E-state index >= 15 is 0 Å². The Balaban J connectivity index is 1.86. The second kappa shape index (κ2) is 8.14. The third-order valence-electron chi connectivity index (χ3n) is 3.42. The normalized spacial score (nSPS) is 15.5. The van der Waals surface area contributed by atoms with Crippen molar-refractivity contribution in [1.29, 1.82) is 0 Å². The van der Waals surface area contributed by atoms with Crippen LogP contribution in [0.2, 0.25) is 0 Å². The van der Waals surface area contributed by atoms with E-state index in [4.69, 9.17) is 9.47 Å². The molecule has 2 rings (SSSR count). The Kier molecular flexibility index (Phi) is 6.20. The molecule has 5 nitrogen and oxygen atoms in total. The third kappa shape index (κ3) is 4.82. The lowest BCUT2D eigenvalue weighted by atomic mass is 10.2. The van der Waals surface area contributed by atoms with Gasteiger partial charge in [0.2, 0.25) is 5.91 Å². The Morgan fingerprint density at radius 2 is 2.10 bits per heavy atom. The number of nitrogens with one attached hydrogen (secondary N) is 2. The van der Waals surface area contributed by atoms with Gasteiger partial charge in [0.05, 0.1) is 25.7 Å². The topological polar surface area (TPSA) is 59.6 Å². The molecule has 0 atom stereocenters. The first-order chi connectivity index (χ1) is 10.2. The SMILES string of the molecule is COc1ccc(NC(=O)CSC2CCNCC2)c(OC)c1. The fourth-order valence-electron chi connectivity index (χ4n) is 2.24. The van der Waals surface area contributed by atoms with Gasteiger partial charge in [-0.15, -0.1) is 11.8 Å². The van der Waals surface area contributed by atoms with Crippen LogP contribution >= 0.6 is 11.8 Å². The molecule has 1 aliphatic heterocycles. The maximum atomic E-state index is 12.0. The molecule has 0 aromatic heterocycles. The minimum absolute atomic E-state index is 0.00185. The average Bonchev–Trinajstić information content (AvgIpc) is 2.54. The summed E-state index contributed by atoms with van der Waals surface area (Å²) in [5.74, 6) is 1.78. The van der Waals surface area contributed by atoms with Crippen molar-refractivity contribution in [3.8, 4) is 11.5 Å². The van der Waals surface area contributed by atoms with Gasteiger partial charge < -0.3 is 20.1 Å². The maximum absolute atomic E-state index is 12.0. The second-order valence-electron chi connectivity index (χ2n) is 4.87. The first-order valence-corrected chi connectivity index (χ1v) is 8.12. The van der Waals surface area contributed by atoms with Gasteiger partial charge in [0, 0.05) is 11.3 Å². The summed E-state index contributed by atoms with van der Waals surface area (Å²) in [5, 5.41) is 6.80. The third-order valence-corrected chi connectivity index (χ3v) is 4.79. The molecule has 1 aliphatic rings. The quantitative estimate of drug-likeness (QED) is 0.843. The van der Waals surface area contributed by atoms with E-state index < -0.39 is 0 Å². The van der Waals surface area contributed by atoms with Gasteiger partial charge in [-0.3, -0.25) is 4.79 Å². The van der Waals surface area contributed by atoms with Crippen molar-refractivity contribution in [3.05, 3.63) is 18.2 Å². The van der Waals surface area contributed by atoms with Crippen molar-refractivity contribution in [1.82, 2.24) is 5.32 Å². The number of ether oxygens (including phenoxy) is 2. The number of benzene rings is 1. The molecular weight excluding hydrogens is 288 g/mol. The molecule has 21 heavy (non-hydrogen) atoms. The zero-order valence-corrected chi connectivity index (χ0v) is 13.3. The minimum Gasteiger partial charge on any atom is -0.497 e. The molecule has 1 saturated heterocycles. The Morgan fingerprint density at radius 1 is 1.33 bits per heavy atom. The van der Waals surface area contributed by atoms with Gasteiger partial charge in [-0.05, 0) is 38.1 Å². The summed E-state index contributed by atoms with van der Waals surface area (Å²) in [7, 11) is 3.18. The van der Waals surface area contributed by atoms with E-state index in [9.17, 15) is 4.79 Å². The molecule has 0 bridgehead atoms. The number of carbonyl (C=O) groups is 1. The van der Waals surface area contributed by atoms with Crippen LogP contribution in [0.4, 0.5) is 5.69 Å². The summed E-state index contributed by atoms with van der Waals surface area (Å²) in [4.78, 5) is 12.0. The molecule has 1 heterocycles. The van der Waals surface area contributed by atoms with E-state index in [-0.39, 0.29) is 5.91 Å². The van der Waals surface area contributed by atoms with Crippen LogP contribution in [0.5, 0.6) is 11.5 Å². The lowest BCUT2D eigenvalue weighted by Crippen LogP contribution is -2.30. The molecule has 0 spiro atoms. The van der Waals surface area contributed by atoms with E-state index in [0.717, 1.165) is 25.9 Å². The van der Waals surface area contributed by atoms with E-state index in [0.29, 0.717) is 28.2 Å². The van der Waals surface area contributed by atoms with Gasteiger partial charge in [-0.25, -0.2) is 0 Å². The van der Waals surface area contributed by atoms with Crippen LogP contribution in [0.3, 0.4) is 0 Å². The lowest BCUT2D eigenvalue weighted by molar-refractivity contribution is -0.113. The number of hydrogen-bond acceptors (Lipinski definition) is 5. The molecule has 0 unspecified atom stereocenters. The van der Waals surface area contributed by atoms with Crippen LogP contribution < -0.4 is 20.1 Å².